The molecule has 5 heteroatoms. The van der Waals surface area contributed by atoms with Gasteiger partial charge in [0.1, 0.15) is 0 Å². The summed E-state index contributed by atoms with van der Waals surface area (Å²) in [4.78, 5) is 12.0. The molecular weight excluding hydrogens is 244 g/mol. The molecule has 5 nitrogen and oxygen atoms in total. The number of epoxide rings is 1. The molecule has 0 atom stereocenters. The molecule has 3 N–H and O–H groups in total. The highest BCUT2D eigenvalue weighted by atomic mass is 16.6. The SMILES string of the molecule is O=C(NCC1(O)CCC2(CC1)CO2)C1CCNCC1. The Balaban J connectivity index is 1.44. The number of nitrogens with one attached hydrogen (secondary N) is 2. The second kappa shape index (κ2) is 5.04. The molecule has 0 aromatic heterocycles. The maximum atomic E-state index is 12.0. The number of aliphatic hydroxyl groups is 1. The van der Waals surface area contributed by atoms with Gasteiger partial charge in [0.25, 0.3) is 0 Å². The molecule has 3 aliphatic rings. The number of amides is 1. The van der Waals surface area contributed by atoms with Gasteiger partial charge in [-0.25, -0.2) is 0 Å². The average molecular weight is 268 g/mol. The standard InChI is InChI=1S/C14H24N2O3/c17-12(11-1-7-15-8-2-11)16-9-13(18)3-5-14(6-4-13)10-19-14/h11,15,18H,1-10H2,(H,16,17). The van der Waals surface area contributed by atoms with Crippen LogP contribution < -0.4 is 10.6 Å². The van der Waals surface area contributed by atoms with Gasteiger partial charge in [-0.15, -0.1) is 0 Å². The Morgan fingerprint density at radius 2 is 1.89 bits per heavy atom. The van der Waals surface area contributed by atoms with E-state index < -0.39 is 5.60 Å². The van der Waals surface area contributed by atoms with Crippen LogP contribution in [0.25, 0.3) is 0 Å². The van der Waals surface area contributed by atoms with Crippen molar-refractivity contribution in [2.45, 2.75) is 49.7 Å². The van der Waals surface area contributed by atoms with Crippen molar-refractivity contribution in [1.29, 1.82) is 0 Å². The van der Waals surface area contributed by atoms with Gasteiger partial charge in [0.2, 0.25) is 5.91 Å². The van der Waals surface area contributed by atoms with E-state index in [1.54, 1.807) is 0 Å². The molecule has 0 aromatic rings. The second-order valence-corrected chi connectivity index (χ2v) is 6.44. The number of ether oxygens (including phenoxy) is 1. The largest absolute Gasteiger partial charge is 0.388 e. The van der Waals surface area contributed by atoms with Crippen LogP contribution in [0, 0.1) is 5.92 Å². The number of hydrogen-bond donors (Lipinski definition) is 3. The third-order valence-electron chi connectivity index (χ3n) is 4.95. The molecule has 1 saturated carbocycles. The van der Waals surface area contributed by atoms with Gasteiger partial charge in [0.05, 0.1) is 17.8 Å². The predicted molar refractivity (Wildman–Crippen MR) is 70.7 cm³/mol. The van der Waals surface area contributed by atoms with Crippen LogP contribution >= 0.6 is 0 Å². The molecule has 2 heterocycles. The summed E-state index contributed by atoms with van der Waals surface area (Å²) in [5, 5.41) is 16.7. The van der Waals surface area contributed by atoms with E-state index in [2.05, 4.69) is 10.6 Å². The van der Waals surface area contributed by atoms with E-state index in [4.69, 9.17) is 4.74 Å². The van der Waals surface area contributed by atoms with Crippen LogP contribution in [0.4, 0.5) is 0 Å². The molecule has 3 rings (SSSR count). The smallest absolute Gasteiger partial charge is 0.223 e. The molecule has 3 fully saturated rings. The molecular formula is C14H24N2O3. The first-order chi connectivity index (χ1) is 9.11. The normalized spacial score (nSPS) is 39.2. The van der Waals surface area contributed by atoms with E-state index in [1.807, 2.05) is 0 Å². The second-order valence-electron chi connectivity index (χ2n) is 6.44. The first-order valence-corrected chi connectivity index (χ1v) is 7.46. The lowest BCUT2D eigenvalue weighted by atomic mass is 9.78. The highest BCUT2D eigenvalue weighted by Gasteiger charge is 2.50. The molecule has 108 valence electrons. The molecule has 2 saturated heterocycles. The maximum absolute atomic E-state index is 12.0. The van der Waals surface area contributed by atoms with E-state index in [0.717, 1.165) is 58.2 Å². The Bertz CT molecular complexity index is 339. The van der Waals surface area contributed by atoms with Gasteiger partial charge >= 0.3 is 0 Å². The van der Waals surface area contributed by atoms with Crippen LogP contribution in [-0.4, -0.2) is 48.5 Å². The first kappa shape index (κ1) is 13.3. The summed E-state index contributed by atoms with van der Waals surface area (Å²) in [6.45, 7) is 3.08. The molecule has 0 unspecified atom stereocenters. The maximum Gasteiger partial charge on any atom is 0.223 e. The van der Waals surface area contributed by atoms with Crippen LogP contribution in [0.3, 0.4) is 0 Å². The summed E-state index contributed by atoms with van der Waals surface area (Å²) in [6, 6.07) is 0. The van der Waals surface area contributed by atoms with Crippen LogP contribution in [-0.2, 0) is 9.53 Å². The topological polar surface area (TPSA) is 73.9 Å². The van der Waals surface area contributed by atoms with Crippen LogP contribution in [0.5, 0.6) is 0 Å². The van der Waals surface area contributed by atoms with Gasteiger partial charge in [-0.2, -0.15) is 0 Å². The van der Waals surface area contributed by atoms with Crippen molar-refractivity contribution in [2.24, 2.45) is 5.92 Å². The van der Waals surface area contributed by atoms with Crippen molar-refractivity contribution in [3.05, 3.63) is 0 Å². The number of carbonyl (C=O) groups is 1. The van der Waals surface area contributed by atoms with E-state index in [9.17, 15) is 9.90 Å². The summed E-state index contributed by atoms with van der Waals surface area (Å²) in [7, 11) is 0. The molecule has 0 radical (unpaired) electrons. The lowest BCUT2D eigenvalue weighted by Gasteiger charge is -2.35. The molecule has 0 bridgehead atoms. The average Bonchev–Trinajstić information content (AvgIpc) is 3.22. The molecule has 1 aliphatic carbocycles. The van der Waals surface area contributed by atoms with Gasteiger partial charge in [0.15, 0.2) is 0 Å². The van der Waals surface area contributed by atoms with E-state index in [0.29, 0.717) is 6.54 Å². The highest BCUT2D eigenvalue weighted by Crippen LogP contribution is 2.44. The fraction of sp³-hybridized carbons (Fsp3) is 0.929. The molecule has 19 heavy (non-hydrogen) atoms. The minimum absolute atomic E-state index is 0.0886. The minimum Gasteiger partial charge on any atom is -0.388 e. The third-order valence-corrected chi connectivity index (χ3v) is 4.95. The minimum atomic E-state index is -0.722. The van der Waals surface area contributed by atoms with Crippen LogP contribution in [0.2, 0.25) is 0 Å². The van der Waals surface area contributed by atoms with Gasteiger partial charge in [0, 0.05) is 12.5 Å². The number of hydrogen-bond acceptors (Lipinski definition) is 4. The monoisotopic (exact) mass is 268 g/mol. The quantitative estimate of drug-likeness (QED) is 0.638. The summed E-state index contributed by atoms with van der Waals surface area (Å²) >= 11 is 0. The first-order valence-electron chi connectivity index (χ1n) is 7.46. The number of piperidine rings is 1. The molecule has 1 spiro atoms. The van der Waals surface area contributed by atoms with Crippen molar-refractivity contribution in [1.82, 2.24) is 10.6 Å². The summed E-state index contributed by atoms with van der Waals surface area (Å²) in [6.07, 6.45) is 5.13. The zero-order chi connectivity index (χ0) is 13.3. The van der Waals surface area contributed by atoms with E-state index >= 15 is 0 Å². The highest BCUT2D eigenvalue weighted by molar-refractivity contribution is 5.78. The number of rotatable bonds is 3. The lowest BCUT2D eigenvalue weighted by Crippen LogP contribution is -2.48. The molecule has 0 aromatic carbocycles. The van der Waals surface area contributed by atoms with Crippen molar-refractivity contribution in [3.63, 3.8) is 0 Å². The Morgan fingerprint density at radius 1 is 1.26 bits per heavy atom. The van der Waals surface area contributed by atoms with Crippen molar-refractivity contribution in [2.75, 3.05) is 26.2 Å². The van der Waals surface area contributed by atoms with E-state index in [1.165, 1.54) is 0 Å². The Hall–Kier alpha value is -0.650. The zero-order valence-corrected chi connectivity index (χ0v) is 11.4. The lowest BCUT2D eigenvalue weighted by molar-refractivity contribution is -0.127. The number of carbonyl (C=O) groups excluding carboxylic acids is 1. The molecule has 1 amide bonds. The van der Waals surface area contributed by atoms with Gasteiger partial charge in [-0.1, -0.05) is 0 Å². The summed E-state index contributed by atoms with van der Waals surface area (Å²) < 4.78 is 5.45. The van der Waals surface area contributed by atoms with Crippen molar-refractivity contribution < 1.29 is 14.6 Å². The summed E-state index contributed by atoms with van der Waals surface area (Å²) in [5.41, 5.74) is -0.634. The van der Waals surface area contributed by atoms with Gasteiger partial charge in [-0.3, -0.25) is 4.79 Å². The fourth-order valence-electron chi connectivity index (χ4n) is 3.22. The zero-order valence-electron chi connectivity index (χ0n) is 11.4. The van der Waals surface area contributed by atoms with Crippen molar-refractivity contribution >= 4 is 5.91 Å². The summed E-state index contributed by atoms with van der Waals surface area (Å²) in [5.74, 6) is 0.226. The molecule has 2 aliphatic heterocycles. The van der Waals surface area contributed by atoms with Gasteiger partial charge in [-0.05, 0) is 51.6 Å². The van der Waals surface area contributed by atoms with Gasteiger partial charge < -0.3 is 20.5 Å². The van der Waals surface area contributed by atoms with Crippen LogP contribution in [0.15, 0.2) is 0 Å². The predicted octanol–water partition coefficient (Wildman–Crippen LogP) is 0.176. The fourth-order valence-corrected chi connectivity index (χ4v) is 3.22. The van der Waals surface area contributed by atoms with Crippen molar-refractivity contribution in [3.8, 4) is 0 Å². The third kappa shape index (κ3) is 3.09. The Kier molecular flexibility index (Phi) is 3.53. The Labute approximate surface area is 114 Å². The van der Waals surface area contributed by atoms with E-state index in [-0.39, 0.29) is 17.4 Å². The van der Waals surface area contributed by atoms with Crippen LogP contribution in [0.1, 0.15) is 38.5 Å². The Morgan fingerprint density at radius 3 is 2.47 bits per heavy atom.